The van der Waals surface area contributed by atoms with E-state index in [1.54, 1.807) is 0 Å². The normalized spacial score (nSPS) is 11.7. The van der Waals surface area contributed by atoms with Crippen LogP contribution in [-0.4, -0.2) is 36.1 Å². The minimum atomic E-state index is -0.424. The number of nitriles is 1. The summed E-state index contributed by atoms with van der Waals surface area (Å²) in [7, 11) is 0. The van der Waals surface area contributed by atoms with Gasteiger partial charge in [0.25, 0.3) is 0 Å². The summed E-state index contributed by atoms with van der Waals surface area (Å²) >= 11 is 0. The molecule has 18 heavy (non-hydrogen) atoms. The van der Waals surface area contributed by atoms with E-state index < -0.39 is 5.60 Å². The van der Waals surface area contributed by atoms with Gasteiger partial charge in [-0.05, 0) is 26.7 Å². The lowest BCUT2D eigenvalue weighted by atomic mass is 10.2. The fraction of sp³-hybridized carbons (Fsp3) is 0.857. The summed E-state index contributed by atoms with van der Waals surface area (Å²) in [6.45, 7) is 12.2. The number of ether oxygens (including phenoxy) is 1. The molecule has 0 aromatic rings. The highest BCUT2D eigenvalue weighted by Crippen LogP contribution is 2.09. The summed E-state index contributed by atoms with van der Waals surface area (Å²) in [5.41, 5.74) is -0.424. The van der Waals surface area contributed by atoms with E-state index >= 15 is 0 Å². The quantitative estimate of drug-likeness (QED) is 0.655. The summed E-state index contributed by atoms with van der Waals surface area (Å²) in [4.78, 5) is 13.8. The van der Waals surface area contributed by atoms with E-state index in [0.717, 1.165) is 13.1 Å². The van der Waals surface area contributed by atoms with Crippen LogP contribution in [0.3, 0.4) is 0 Å². The number of hydrogen-bond acceptors (Lipinski definition) is 4. The van der Waals surface area contributed by atoms with Crippen molar-refractivity contribution in [1.29, 1.82) is 5.26 Å². The topological polar surface area (TPSA) is 53.3 Å². The summed E-state index contributed by atoms with van der Waals surface area (Å²) in [6.07, 6.45) is 0.885. The van der Waals surface area contributed by atoms with Crippen molar-refractivity contribution >= 4 is 5.97 Å². The zero-order valence-electron chi connectivity index (χ0n) is 12.3. The van der Waals surface area contributed by atoms with Gasteiger partial charge in [0.1, 0.15) is 5.60 Å². The molecule has 4 nitrogen and oxygen atoms in total. The molecule has 0 saturated carbocycles. The van der Waals surface area contributed by atoms with Crippen molar-refractivity contribution in [2.24, 2.45) is 5.92 Å². The number of nitrogens with zero attached hydrogens (tertiary/aromatic N) is 2. The maximum absolute atomic E-state index is 11.6. The monoisotopic (exact) mass is 254 g/mol. The van der Waals surface area contributed by atoms with Gasteiger partial charge in [0.05, 0.1) is 12.5 Å². The Hall–Kier alpha value is -1.08. The maximum Gasteiger partial charge on any atom is 0.307 e. The first-order valence-electron chi connectivity index (χ1n) is 6.55. The van der Waals surface area contributed by atoms with Crippen molar-refractivity contribution in [3.8, 4) is 6.07 Å². The molecule has 0 aliphatic carbocycles. The minimum Gasteiger partial charge on any atom is -0.460 e. The third kappa shape index (κ3) is 10.1. The van der Waals surface area contributed by atoms with Gasteiger partial charge in [-0.3, -0.25) is 4.79 Å². The highest BCUT2D eigenvalue weighted by molar-refractivity contribution is 5.70. The van der Waals surface area contributed by atoms with Gasteiger partial charge in [0, 0.05) is 26.1 Å². The number of rotatable bonds is 7. The molecule has 0 radical (unpaired) electrons. The third-order valence-electron chi connectivity index (χ3n) is 2.22. The molecule has 0 N–H and O–H groups in total. The van der Waals surface area contributed by atoms with Gasteiger partial charge >= 0.3 is 5.97 Å². The van der Waals surface area contributed by atoms with Crippen molar-refractivity contribution in [2.45, 2.75) is 53.1 Å². The molecular weight excluding hydrogens is 228 g/mol. The lowest BCUT2D eigenvalue weighted by Crippen LogP contribution is -2.32. The summed E-state index contributed by atoms with van der Waals surface area (Å²) in [5.74, 6) is 0.357. The van der Waals surface area contributed by atoms with E-state index in [0.29, 0.717) is 25.3 Å². The average Bonchev–Trinajstić information content (AvgIpc) is 2.19. The molecule has 0 aliphatic rings. The molecule has 0 atom stereocenters. The van der Waals surface area contributed by atoms with Crippen molar-refractivity contribution in [3.63, 3.8) is 0 Å². The Balaban J connectivity index is 4.09. The second-order valence-electron chi connectivity index (χ2n) is 5.94. The first-order chi connectivity index (χ1) is 8.24. The Morgan fingerprint density at radius 3 is 2.39 bits per heavy atom. The second-order valence-corrected chi connectivity index (χ2v) is 5.94. The van der Waals surface area contributed by atoms with Crippen LogP contribution in [-0.2, 0) is 9.53 Å². The molecule has 0 aromatic heterocycles. The second kappa shape index (κ2) is 8.10. The zero-order chi connectivity index (χ0) is 14.2. The van der Waals surface area contributed by atoms with E-state index in [-0.39, 0.29) is 5.97 Å². The first kappa shape index (κ1) is 16.9. The Morgan fingerprint density at radius 2 is 1.94 bits per heavy atom. The predicted molar refractivity (Wildman–Crippen MR) is 72.0 cm³/mol. The fourth-order valence-electron chi connectivity index (χ4n) is 1.66. The van der Waals surface area contributed by atoms with Crippen LogP contribution in [0.4, 0.5) is 0 Å². The molecule has 0 fully saturated rings. The van der Waals surface area contributed by atoms with Crippen molar-refractivity contribution < 1.29 is 9.53 Å². The summed E-state index contributed by atoms with van der Waals surface area (Å²) in [5, 5.41) is 8.61. The predicted octanol–water partition coefficient (Wildman–Crippen LogP) is 2.59. The molecule has 0 heterocycles. The van der Waals surface area contributed by atoms with Gasteiger partial charge in [-0.2, -0.15) is 5.26 Å². The van der Waals surface area contributed by atoms with Gasteiger partial charge < -0.3 is 9.64 Å². The molecule has 0 saturated heterocycles. The molecule has 4 heteroatoms. The van der Waals surface area contributed by atoms with Crippen molar-refractivity contribution in [2.75, 3.05) is 19.6 Å². The molecule has 0 amide bonds. The molecule has 0 rings (SSSR count). The Morgan fingerprint density at radius 1 is 1.33 bits per heavy atom. The zero-order valence-corrected chi connectivity index (χ0v) is 12.3. The lowest BCUT2D eigenvalue weighted by molar-refractivity contribution is -0.155. The highest BCUT2D eigenvalue weighted by atomic mass is 16.6. The summed E-state index contributed by atoms with van der Waals surface area (Å²) in [6, 6.07) is 2.14. The van der Waals surface area contributed by atoms with E-state index in [1.807, 2.05) is 20.8 Å². The van der Waals surface area contributed by atoms with E-state index in [1.165, 1.54) is 0 Å². The number of carbonyl (C=O) groups is 1. The van der Waals surface area contributed by atoms with Gasteiger partial charge in [0.15, 0.2) is 0 Å². The van der Waals surface area contributed by atoms with Crippen LogP contribution in [0.15, 0.2) is 0 Å². The minimum absolute atomic E-state index is 0.173. The fourth-order valence-corrected chi connectivity index (χ4v) is 1.66. The molecule has 0 unspecified atom stereocenters. The van der Waals surface area contributed by atoms with E-state index in [2.05, 4.69) is 24.8 Å². The molecule has 0 aliphatic heterocycles. The number of hydrogen-bond donors (Lipinski definition) is 0. The van der Waals surface area contributed by atoms with Crippen molar-refractivity contribution in [3.05, 3.63) is 0 Å². The molecule has 0 bridgehead atoms. The Bertz CT molecular complexity index is 287. The van der Waals surface area contributed by atoms with Crippen molar-refractivity contribution in [1.82, 2.24) is 4.90 Å². The van der Waals surface area contributed by atoms with Gasteiger partial charge in [0.2, 0.25) is 0 Å². The van der Waals surface area contributed by atoms with Crippen LogP contribution >= 0.6 is 0 Å². The molecule has 0 spiro atoms. The van der Waals surface area contributed by atoms with Crippen LogP contribution in [0.25, 0.3) is 0 Å². The lowest BCUT2D eigenvalue weighted by Gasteiger charge is -2.24. The molecule has 104 valence electrons. The van der Waals surface area contributed by atoms with E-state index in [9.17, 15) is 4.79 Å². The third-order valence-corrected chi connectivity index (χ3v) is 2.22. The number of carbonyl (C=O) groups excluding carboxylic acids is 1. The van der Waals surface area contributed by atoms with Gasteiger partial charge in [-0.25, -0.2) is 0 Å². The van der Waals surface area contributed by atoms with Crippen LogP contribution in [0.2, 0.25) is 0 Å². The van der Waals surface area contributed by atoms with Crippen LogP contribution in [0.5, 0.6) is 0 Å². The van der Waals surface area contributed by atoms with Crippen LogP contribution in [0, 0.1) is 17.2 Å². The van der Waals surface area contributed by atoms with E-state index in [4.69, 9.17) is 10.00 Å². The Labute approximate surface area is 111 Å². The standard InChI is InChI=1S/C14H26N2O2/c1-12(2)11-16(9-6-8-15)10-7-13(17)18-14(3,4)5/h12H,6-7,9-11H2,1-5H3. The summed E-state index contributed by atoms with van der Waals surface area (Å²) < 4.78 is 5.27. The molecule has 0 aromatic carbocycles. The van der Waals surface area contributed by atoms with Gasteiger partial charge in [-0.1, -0.05) is 13.8 Å². The maximum atomic E-state index is 11.6. The number of esters is 1. The average molecular weight is 254 g/mol. The SMILES string of the molecule is CC(C)CN(CCC#N)CCC(=O)OC(C)(C)C. The molecular formula is C14H26N2O2. The first-order valence-corrected chi connectivity index (χ1v) is 6.55. The van der Waals surface area contributed by atoms with Crippen LogP contribution < -0.4 is 0 Å². The van der Waals surface area contributed by atoms with Gasteiger partial charge in [-0.15, -0.1) is 0 Å². The smallest absolute Gasteiger partial charge is 0.307 e. The van der Waals surface area contributed by atoms with Crippen LogP contribution in [0.1, 0.15) is 47.5 Å². The Kier molecular flexibility index (Phi) is 7.61. The highest BCUT2D eigenvalue weighted by Gasteiger charge is 2.17. The largest absolute Gasteiger partial charge is 0.460 e.